The molecule has 2 amide bonds. The monoisotopic (exact) mass is 425 g/mol. The van der Waals surface area contributed by atoms with Crippen molar-refractivity contribution in [2.75, 3.05) is 0 Å². The molecule has 0 fully saturated rings. The number of thiocarbonyl (C=S) groups is 1. The number of benzene rings is 2. The SMILES string of the molecule is O=C(NC(=S)NNC(=O)c1ccccc1I)c1ccccc1. The van der Waals surface area contributed by atoms with E-state index in [0.29, 0.717) is 11.1 Å². The van der Waals surface area contributed by atoms with E-state index in [1.807, 2.05) is 18.2 Å². The van der Waals surface area contributed by atoms with Gasteiger partial charge in [0.25, 0.3) is 11.8 Å². The van der Waals surface area contributed by atoms with Gasteiger partial charge in [0.2, 0.25) is 0 Å². The number of hydrazine groups is 1. The van der Waals surface area contributed by atoms with Crippen LogP contribution in [0.5, 0.6) is 0 Å². The summed E-state index contributed by atoms with van der Waals surface area (Å²) in [5, 5.41) is 2.50. The van der Waals surface area contributed by atoms with Crippen molar-refractivity contribution in [2.45, 2.75) is 0 Å². The van der Waals surface area contributed by atoms with Crippen LogP contribution in [0.1, 0.15) is 20.7 Å². The fourth-order valence-electron chi connectivity index (χ4n) is 1.62. The number of carbonyl (C=O) groups excluding carboxylic acids is 2. The molecule has 0 aromatic heterocycles. The molecule has 0 aliphatic rings. The maximum atomic E-state index is 12.0. The van der Waals surface area contributed by atoms with Gasteiger partial charge in [0, 0.05) is 9.13 Å². The van der Waals surface area contributed by atoms with Crippen LogP contribution in [-0.2, 0) is 0 Å². The molecule has 0 heterocycles. The van der Waals surface area contributed by atoms with Crippen molar-refractivity contribution in [3.63, 3.8) is 0 Å². The molecule has 0 aliphatic carbocycles. The van der Waals surface area contributed by atoms with Crippen LogP contribution >= 0.6 is 34.8 Å². The van der Waals surface area contributed by atoms with Crippen molar-refractivity contribution in [1.82, 2.24) is 16.2 Å². The lowest BCUT2D eigenvalue weighted by Crippen LogP contribution is -2.48. The number of amides is 2. The van der Waals surface area contributed by atoms with Crippen LogP contribution in [0.3, 0.4) is 0 Å². The number of carbonyl (C=O) groups is 2. The molecule has 22 heavy (non-hydrogen) atoms. The first-order valence-electron chi connectivity index (χ1n) is 6.29. The Balaban J connectivity index is 1.87. The number of halogens is 1. The molecule has 0 spiro atoms. The number of hydrogen-bond donors (Lipinski definition) is 3. The molecule has 2 rings (SSSR count). The van der Waals surface area contributed by atoms with Gasteiger partial charge in [-0.2, -0.15) is 0 Å². The van der Waals surface area contributed by atoms with Crippen LogP contribution in [-0.4, -0.2) is 16.9 Å². The zero-order valence-corrected chi connectivity index (χ0v) is 14.3. The number of rotatable bonds is 2. The van der Waals surface area contributed by atoms with E-state index >= 15 is 0 Å². The summed E-state index contributed by atoms with van der Waals surface area (Å²) in [7, 11) is 0. The number of nitrogens with one attached hydrogen (secondary N) is 3. The Morgan fingerprint density at radius 2 is 1.50 bits per heavy atom. The summed E-state index contributed by atoms with van der Waals surface area (Å²) in [6.07, 6.45) is 0. The zero-order valence-electron chi connectivity index (χ0n) is 11.3. The van der Waals surface area contributed by atoms with Gasteiger partial charge in [-0.15, -0.1) is 0 Å². The van der Waals surface area contributed by atoms with Gasteiger partial charge in [-0.3, -0.25) is 25.8 Å². The minimum Gasteiger partial charge on any atom is -0.298 e. The molecule has 0 atom stereocenters. The van der Waals surface area contributed by atoms with E-state index in [1.165, 1.54) is 0 Å². The first kappa shape index (κ1) is 16.4. The molecule has 7 heteroatoms. The second-order valence-corrected chi connectivity index (χ2v) is 5.78. The Morgan fingerprint density at radius 3 is 2.18 bits per heavy atom. The quantitative estimate of drug-likeness (QED) is 0.392. The lowest BCUT2D eigenvalue weighted by Gasteiger charge is -2.11. The Morgan fingerprint density at radius 1 is 0.864 bits per heavy atom. The summed E-state index contributed by atoms with van der Waals surface area (Å²) in [4.78, 5) is 23.8. The Kier molecular flexibility index (Phi) is 5.84. The minimum absolute atomic E-state index is 0.0214. The fourth-order valence-corrected chi connectivity index (χ4v) is 2.40. The van der Waals surface area contributed by atoms with Crippen LogP contribution in [0.15, 0.2) is 54.6 Å². The first-order chi connectivity index (χ1) is 10.6. The molecule has 0 saturated heterocycles. The molecule has 0 unspecified atom stereocenters. The summed E-state index contributed by atoms with van der Waals surface area (Å²) in [5.41, 5.74) is 5.96. The van der Waals surface area contributed by atoms with Crippen molar-refractivity contribution >= 4 is 51.7 Å². The topological polar surface area (TPSA) is 70.2 Å². The third-order valence-corrected chi connectivity index (χ3v) is 3.82. The summed E-state index contributed by atoms with van der Waals surface area (Å²) in [6, 6.07) is 15.8. The Bertz CT molecular complexity index is 707. The average molecular weight is 425 g/mol. The highest BCUT2D eigenvalue weighted by Crippen LogP contribution is 2.10. The maximum Gasteiger partial charge on any atom is 0.270 e. The summed E-state index contributed by atoms with van der Waals surface area (Å²) < 4.78 is 0.818. The summed E-state index contributed by atoms with van der Waals surface area (Å²) in [6.45, 7) is 0. The smallest absolute Gasteiger partial charge is 0.270 e. The van der Waals surface area contributed by atoms with Crippen LogP contribution in [0, 0.1) is 3.57 Å². The van der Waals surface area contributed by atoms with E-state index in [0.717, 1.165) is 3.57 Å². The molecule has 0 radical (unpaired) electrons. The molecule has 112 valence electrons. The highest BCUT2D eigenvalue weighted by molar-refractivity contribution is 14.1. The largest absolute Gasteiger partial charge is 0.298 e. The van der Waals surface area contributed by atoms with Crippen LogP contribution in [0.4, 0.5) is 0 Å². The predicted molar refractivity (Wildman–Crippen MR) is 96.3 cm³/mol. The second kappa shape index (κ2) is 7.85. The van der Waals surface area contributed by atoms with Crippen molar-refractivity contribution in [3.05, 3.63) is 69.3 Å². The number of hydrogen-bond acceptors (Lipinski definition) is 3. The molecular formula is C15H12IN3O2S. The minimum atomic E-state index is -0.346. The van der Waals surface area contributed by atoms with Crippen LogP contribution in [0.2, 0.25) is 0 Å². The molecule has 0 aliphatic heterocycles. The van der Waals surface area contributed by atoms with Gasteiger partial charge < -0.3 is 0 Å². The zero-order chi connectivity index (χ0) is 15.9. The van der Waals surface area contributed by atoms with Crippen LogP contribution < -0.4 is 16.2 Å². The highest BCUT2D eigenvalue weighted by atomic mass is 127. The molecule has 0 bridgehead atoms. The van der Waals surface area contributed by atoms with E-state index in [4.69, 9.17) is 12.2 Å². The van der Waals surface area contributed by atoms with Gasteiger partial charge in [-0.1, -0.05) is 30.3 Å². The Labute approximate surface area is 146 Å². The van der Waals surface area contributed by atoms with Gasteiger partial charge in [0.05, 0.1) is 5.56 Å². The average Bonchev–Trinajstić information content (AvgIpc) is 2.54. The van der Waals surface area contributed by atoms with Gasteiger partial charge in [-0.25, -0.2) is 0 Å². The Hall–Kier alpha value is -2.00. The van der Waals surface area contributed by atoms with E-state index in [9.17, 15) is 9.59 Å². The lowest BCUT2D eigenvalue weighted by atomic mass is 10.2. The lowest BCUT2D eigenvalue weighted by molar-refractivity contribution is 0.0934. The predicted octanol–water partition coefficient (Wildman–Crippen LogP) is 2.24. The van der Waals surface area contributed by atoms with E-state index in [2.05, 4.69) is 38.8 Å². The third kappa shape index (κ3) is 4.50. The van der Waals surface area contributed by atoms with Crippen molar-refractivity contribution in [2.24, 2.45) is 0 Å². The van der Waals surface area contributed by atoms with E-state index in [-0.39, 0.29) is 16.9 Å². The highest BCUT2D eigenvalue weighted by Gasteiger charge is 2.10. The summed E-state index contributed by atoms with van der Waals surface area (Å²) in [5.74, 6) is -0.678. The van der Waals surface area contributed by atoms with E-state index in [1.54, 1.807) is 36.4 Å². The molecular weight excluding hydrogens is 413 g/mol. The third-order valence-electron chi connectivity index (χ3n) is 2.67. The molecule has 3 N–H and O–H groups in total. The maximum absolute atomic E-state index is 12.0. The van der Waals surface area contributed by atoms with Crippen LogP contribution in [0.25, 0.3) is 0 Å². The molecule has 0 saturated carbocycles. The van der Waals surface area contributed by atoms with Gasteiger partial charge in [0.15, 0.2) is 5.11 Å². The molecule has 5 nitrogen and oxygen atoms in total. The van der Waals surface area contributed by atoms with Gasteiger partial charge in [-0.05, 0) is 59.1 Å². The van der Waals surface area contributed by atoms with Gasteiger partial charge in [0.1, 0.15) is 0 Å². The normalized spacial score (nSPS) is 9.68. The molecule has 2 aromatic rings. The van der Waals surface area contributed by atoms with Crippen molar-refractivity contribution < 1.29 is 9.59 Å². The van der Waals surface area contributed by atoms with Gasteiger partial charge >= 0.3 is 0 Å². The standard InChI is InChI=1S/C15H12IN3O2S/c16-12-9-5-4-8-11(12)14(21)18-19-15(22)17-13(20)10-6-2-1-3-7-10/h1-9H,(H,18,21)(H2,17,19,20,22). The fraction of sp³-hybridized carbons (Fsp3) is 0. The first-order valence-corrected chi connectivity index (χ1v) is 7.78. The van der Waals surface area contributed by atoms with E-state index < -0.39 is 0 Å². The van der Waals surface area contributed by atoms with Crippen molar-refractivity contribution in [3.8, 4) is 0 Å². The second-order valence-electron chi connectivity index (χ2n) is 4.21. The van der Waals surface area contributed by atoms with Crippen molar-refractivity contribution in [1.29, 1.82) is 0 Å². The summed E-state index contributed by atoms with van der Waals surface area (Å²) >= 11 is 7.04. The molecule has 2 aromatic carbocycles.